The standard InChI is InChI=1S/C9H11ClIN/c1-2-12-6-7-3-4-9(11)8(10)5-7/h3-5,12H,2,6H2,1H3. The van der Waals surface area contributed by atoms with Crippen molar-refractivity contribution in [2.45, 2.75) is 13.5 Å². The van der Waals surface area contributed by atoms with Gasteiger partial charge in [0, 0.05) is 10.1 Å². The maximum absolute atomic E-state index is 5.96. The number of nitrogens with one attached hydrogen (secondary N) is 1. The minimum absolute atomic E-state index is 0.839. The Bertz CT molecular complexity index is 263. The fraction of sp³-hybridized carbons (Fsp3) is 0.333. The monoisotopic (exact) mass is 295 g/mol. The highest BCUT2D eigenvalue weighted by molar-refractivity contribution is 14.1. The van der Waals surface area contributed by atoms with Gasteiger partial charge >= 0.3 is 0 Å². The van der Waals surface area contributed by atoms with Crippen LogP contribution in [0.2, 0.25) is 5.02 Å². The molecule has 0 aliphatic carbocycles. The maximum Gasteiger partial charge on any atom is 0.0542 e. The first-order chi connectivity index (χ1) is 5.74. The molecule has 0 spiro atoms. The Hall–Kier alpha value is 0.200. The number of benzene rings is 1. The predicted molar refractivity (Wildman–Crippen MR) is 61.5 cm³/mol. The molecule has 0 unspecified atom stereocenters. The highest BCUT2D eigenvalue weighted by Gasteiger charge is 1.97. The molecular formula is C9H11ClIN. The third-order valence-electron chi connectivity index (χ3n) is 1.56. The van der Waals surface area contributed by atoms with E-state index in [1.165, 1.54) is 5.56 Å². The van der Waals surface area contributed by atoms with E-state index in [9.17, 15) is 0 Å². The average molecular weight is 296 g/mol. The number of halogens is 2. The molecule has 12 heavy (non-hydrogen) atoms. The molecule has 1 aromatic carbocycles. The first kappa shape index (κ1) is 10.3. The van der Waals surface area contributed by atoms with E-state index < -0.39 is 0 Å². The van der Waals surface area contributed by atoms with Crippen molar-refractivity contribution >= 4 is 34.2 Å². The molecule has 0 radical (unpaired) electrons. The lowest BCUT2D eigenvalue weighted by molar-refractivity contribution is 0.727. The van der Waals surface area contributed by atoms with Crippen LogP contribution in [0.15, 0.2) is 18.2 Å². The zero-order valence-electron chi connectivity index (χ0n) is 6.90. The molecule has 0 amide bonds. The molecule has 1 nitrogen and oxygen atoms in total. The van der Waals surface area contributed by atoms with Gasteiger partial charge in [-0.1, -0.05) is 24.6 Å². The first-order valence-corrected chi connectivity index (χ1v) is 5.34. The fourth-order valence-corrected chi connectivity index (χ4v) is 1.46. The second-order valence-corrected chi connectivity index (χ2v) is 4.10. The van der Waals surface area contributed by atoms with Gasteiger partial charge < -0.3 is 5.32 Å². The van der Waals surface area contributed by atoms with E-state index in [1.807, 2.05) is 12.1 Å². The van der Waals surface area contributed by atoms with Crippen molar-refractivity contribution < 1.29 is 0 Å². The van der Waals surface area contributed by atoms with E-state index in [0.29, 0.717) is 0 Å². The SMILES string of the molecule is CCNCc1ccc(I)c(Cl)c1. The van der Waals surface area contributed by atoms with Crippen LogP contribution in [0.4, 0.5) is 0 Å². The molecule has 0 fully saturated rings. The van der Waals surface area contributed by atoms with Crippen molar-refractivity contribution in [2.24, 2.45) is 0 Å². The highest BCUT2D eigenvalue weighted by atomic mass is 127. The summed E-state index contributed by atoms with van der Waals surface area (Å²) in [4.78, 5) is 0. The molecule has 0 bridgehead atoms. The molecular weight excluding hydrogens is 284 g/mol. The third kappa shape index (κ3) is 2.92. The van der Waals surface area contributed by atoms with E-state index in [2.05, 4.69) is 40.9 Å². The lowest BCUT2D eigenvalue weighted by Gasteiger charge is -2.03. The normalized spacial score (nSPS) is 10.2. The summed E-state index contributed by atoms with van der Waals surface area (Å²) in [5.74, 6) is 0. The highest BCUT2D eigenvalue weighted by Crippen LogP contribution is 2.19. The fourth-order valence-electron chi connectivity index (χ4n) is 0.919. The lowest BCUT2D eigenvalue weighted by Crippen LogP contribution is -2.11. The van der Waals surface area contributed by atoms with E-state index in [-0.39, 0.29) is 0 Å². The van der Waals surface area contributed by atoms with E-state index in [0.717, 1.165) is 21.7 Å². The van der Waals surface area contributed by atoms with Crippen molar-refractivity contribution in [3.05, 3.63) is 32.4 Å². The second-order valence-electron chi connectivity index (χ2n) is 2.53. The summed E-state index contributed by atoms with van der Waals surface area (Å²) in [7, 11) is 0. The van der Waals surface area contributed by atoms with Gasteiger partial charge in [0.25, 0.3) is 0 Å². The van der Waals surface area contributed by atoms with Crippen LogP contribution in [0.1, 0.15) is 12.5 Å². The Kier molecular flexibility index (Phi) is 4.32. The van der Waals surface area contributed by atoms with Crippen LogP contribution >= 0.6 is 34.2 Å². The Morgan fingerprint density at radius 2 is 2.25 bits per heavy atom. The van der Waals surface area contributed by atoms with Gasteiger partial charge in [-0.05, 0) is 46.8 Å². The summed E-state index contributed by atoms with van der Waals surface area (Å²) < 4.78 is 1.11. The van der Waals surface area contributed by atoms with Crippen LogP contribution in [-0.2, 0) is 6.54 Å². The van der Waals surface area contributed by atoms with Gasteiger partial charge in [-0.3, -0.25) is 0 Å². The van der Waals surface area contributed by atoms with Gasteiger partial charge in [-0.25, -0.2) is 0 Å². The van der Waals surface area contributed by atoms with Crippen LogP contribution in [0, 0.1) is 3.57 Å². The Morgan fingerprint density at radius 1 is 1.50 bits per heavy atom. The number of rotatable bonds is 3. The van der Waals surface area contributed by atoms with E-state index >= 15 is 0 Å². The summed E-state index contributed by atoms with van der Waals surface area (Å²) in [5, 5.41) is 4.09. The zero-order chi connectivity index (χ0) is 8.97. The summed E-state index contributed by atoms with van der Waals surface area (Å²) in [5.41, 5.74) is 1.24. The Balaban J connectivity index is 2.69. The lowest BCUT2D eigenvalue weighted by atomic mass is 10.2. The molecule has 66 valence electrons. The first-order valence-electron chi connectivity index (χ1n) is 3.88. The molecule has 0 atom stereocenters. The van der Waals surface area contributed by atoms with E-state index in [4.69, 9.17) is 11.6 Å². The second kappa shape index (κ2) is 5.04. The van der Waals surface area contributed by atoms with Crippen molar-refractivity contribution in [3.8, 4) is 0 Å². The third-order valence-corrected chi connectivity index (χ3v) is 3.14. The van der Waals surface area contributed by atoms with Gasteiger partial charge in [-0.2, -0.15) is 0 Å². The van der Waals surface area contributed by atoms with Crippen molar-refractivity contribution in [3.63, 3.8) is 0 Å². The topological polar surface area (TPSA) is 12.0 Å². The summed E-state index contributed by atoms with van der Waals surface area (Å²) in [6.07, 6.45) is 0. The van der Waals surface area contributed by atoms with Crippen LogP contribution < -0.4 is 5.32 Å². The van der Waals surface area contributed by atoms with Gasteiger partial charge in [0.05, 0.1) is 5.02 Å². The molecule has 0 heterocycles. The van der Waals surface area contributed by atoms with Crippen LogP contribution in [0.3, 0.4) is 0 Å². The molecule has 1 N–H and O–H groups in total. The zero-order valence-corrected chi connectivity index (χ0v) is 9.82. The van der Waals surface area contributed by atoms with Gasteiger partial charge in [-0.15, -0.1) is 0 Å². The Morgan fingerprint density at radius 3 is 2.83 bits per heavy atom. The summed E-state index contributed by atoms with van der Waals surface area (Å²) in [6, 6.07) is 6.14. The van der Waals surface area contributed by atoms with Crippen molar-refractivity contribution in [2.75, 3.05) is 6.54 Å². The average Bonchev–Trinajstić information content (AvgIpc) is 2.07. The van der Waals surface area contributed by atoms with Gasteiger partial charge in [0.15, 0.2) is 0 Å². The molecule has 0 aliphatic rings. The molecule has 0 aliphatic heterocycles. The smallest absolute Gasteiger partial charge is 0.0542 e. The minimum Gasteiger partial charge on any atom is -0.313 e. The number of hydrogen-bond acceptors (Lipinski definition) is 1. The number of hydrogen-bond donors (Lipinski definition) is 1. The quantitative estimate of drug-likeness (QED) is 0.845. The largest absolute Gasteiger partial charge is 0.313 e. The Labute approximate surface area is 91.6 Å². The molecule has 0 saturated carbocycles. The van der Waals surface area contributed by atoms with Crippen LogP contribution in [0.5, 0.6) is 0 Å². The van der Waals surface area contributed by atoms with Crippen molar-refractivity contribution in [1.29, 1.82) is 0 Å². The van der Waals surface area contributed by atoms with Crippen LogP contribution in [-0.4, -0.2) is 6.54 Å². The van der Waals surface area contributed by atoms with Crippen molar-refractivity contribution in [1.82, 2.24) is 5.32 Å². The minimum atomic E-state index is 0.839. The van der Waals surface area contributed by atoms with E-state index in [1.54, 1.807) is 0 Å². The molecule has 0 aromatic heterocycles. The van der Waals surface area contributed by atoms with Crippen LogP contribution in [0.25, 0.3) is 0 Å². The molecule has 1 rings (SSSR count). The maximum atomic E-state index is 5.96. The van der Waals surface area contributed by atoms with Gasteiger partial charge in [0.2, 0.25) is 0 Å². The van der Waals surface area contributed by atoms with Gasteiger partial charge in [0.1, 0.15) is 0 Å². The summed E-state index contributed by atoms with van der Waals surface area (Å²) >= 11 is 8.18. The summed E-state index contributed by atoms with van der Waals surface area (Å²) in [6.45, 7) is 3.98. The molecule has 1 aromatic rings. The predicted octanol–water partition coefficient (Wildman–Crippen LogP) is 3.05. The molecule has 3 heteroatoms. The molecule has 0 saturated heterocycles.